The van der Waals surface area contributed by atoms with Gasteiger partial charge in [-0.05, 0) is 64.2 Å². The zero-order valence-corrected chi connectivity index (χ0v) is 63.2. The second kappa shape index (κ2) is 75.5. The lowest BCUT2D eigenvalue weighted by Crippen LogP contribution is -2.40. The Morgan fingerprint density at radius 2 is 0.548 bits per heavy atom. The molecule has 0 amide bonds. The SMILES string of the molecule is CCCCCCCCCC/C=C\CCCCCCCCCCCCCCCCCCCCCCCCCC(=O)OC(COC(=O)CCCCCCCCCCCCCCCCCCCCCCC/C=C\CCCCCCCCCC)COC(OCC[N+](C)(C)C)C(=O)O. The van der Waals surface area contributed by atoms with Crippen LogP contribution in [0.1, 0.15) is 438 Å². The minimum Gasteiger partial charge on any atom is -0.477 e. The van der Waals surface area contributed by atoms with Crippen LogP contribution in [0.3, 0.4) is 0 Å². The Hall–Kier alpha value is -2.23. The van der Waals surface area contributed by atoms with E-state index in [0.717, 1.165) is 38.5 Å². The molecule has 2 atom stereocenters. The van der Waals surface area contributed by atoms with Gasteiger partial charge in [0, 0.05) is 12.8 Å². The maximum Gasteiger partial charge on any atom is 0.361 e. The van der Waals surface area contributed by atoms with Gasteiger partial charge >= 0.3 is 17.9 Å². The van der Waals surface area contributed by atoms with Crippen LogP contribution >= 0.6 is 0 Å². The summed E-state index contributed by atoms with van der Waals surface area (Å²) in [5.41, 5.74) is 0. The molecule has 0 radical (unpaired) electrons. The van der Waals surface area contributed by atoms with E-state index < -0.39 is 18.4 Å². The van der Waals surface area contributed by atoms with Crippen LogP contribution in [0.2, 0.25) is 0 Å². The number of carbonyl (C=O) groups is 3. The fourth-order valence-corrected chi connectivity index (χ4v) is 12.8. The molecule has 0 aromatic carbocycles. The van der Waals surface area contributed by atoms with Crippen molar-refractivity contribution in [2.24, 2.45) is 0 Å². The van der Waals surface area contributed by atoms with Gasteiger partial charge in [-0.25, -0.2) is 4.79 Å². The zero-order valence-electron chi connectivity index (χ0n) is 63.2. The molecule has 93 heavy (non-hydrogen) atoms. The molecule has 0 aromatic rings. The molecule has 2 unspecified atom stereocenters. The smallest absolute Gasteiger partial charge is 0.361 e. The molecule has 9 nitrogen and oxygen atoms in total. The summed E-state index contributed by atoms with van der Waals surface area (Å²) in [6, 6.07) is 0. The van der Waals surface area contributed by atoms with Crippen LogP contribution in [0.4, 0.5) is 0 Å². The average Bonchev–Trinajstić information content (AvgIpc) is 3.74. The number of carboxylic acids is 1. The Morgan fingerprint density at radius 3 is 0.796 bits per heavy atom. The monoisotopic (exact) mass is 1310 g/mol. The maximum atomic E-state index is 13.0. The van der Waals surface area contributed by atoms with Crippen LogP contribution in [-0.4, -0.2) is 87.4 Å². The lowest BCUT2D eigenvalue weighted by atomic mass is 10.0. The second-order valence-corrected chi connectivity index (χ2v) is 29.8. The third-order valence-corrected chi connectivity index (χ3v) is 19.2. The van der Waals surface area contributed by atoms with Crippen molar-refractivity contribution < 1.29 is 42.9 Å². The number of esters is 2. The molecule has 0 aromatic heterocycles. The van der Waals surface area contributed by atoms with E-state index in [0.29, 0.717) is 17.4 Å². The first-order valence-corrected chi connectivity index (χ1v) is 41.5. The number of nitrogens with zero attached hydrogens (tertiary/aromatic N) is 1. The number of hydrogen-bond donors (Lipinski definition) is 1. The molecule has 0 heterocycles. The number of carbonyl (C=O) groups excluding carboxylic acids is 2. The van der Waals surface area contributed by atoms with Crippen LogP contribution in [0, 0.1) is 0 Å². The van der Waals surface area contributed by atoms with Gasteiger partial charge in [-0.2, -0.15) is 0 Å². The van der Waals surface area contributed by atoms with Crippen LogP contribution in [0.25, 0.3) is 0 Å². The Bertz CT molecular complexity index is 1580. The van der Waals surface area contributed by atoms with E-state index in [1.807, 2.05) is 21.1 Å². The van der Waals surface area contributed by atoms with E-state index in [1.54, 1.807) is 0 Å². The predicted molar refractivity (Wildman–Crippen MR) is 401 cm³/mol. The van der Waals surface area contributed by atoms with Crippen molar-refractivity contribution >= 4 is 17.9 Å². The highest BCUT2D eigenvalue weighted by molar-refractivity contribution is 5.71. The fraction of sp³-hybridized carbons (Fsp3) is 0.917. The van der Waals surface area contributed by atoms with Gasteiger partial charge in [0.15, 0.2) is 6.10 Å². The van der Waals surface area contributed by atoms with Gasteiger partial charge in [0.2, 0.25) is 0 Å². The fourth-order valence-electron chi connectivity index (χ4n) is 12.8. The van der Waals surface area contributed by atoms with Crippen molar-refractivity contribution in [2.75, 3.05) is 47.5 Å². The summed E-state index contributed by atoms with van der Waals surface area (Å²) in [6.07, 6.45) is 93.5. The highest BCUT2D eigenvalue weighted by Crippen LogP contribution is 2.20. The first-order chi connectivity index (χ1) is 45.6. The van der Waals surface area contributed by atoms with Crippen LogP contribution in [-0.2, 0) is 33.3 Å². The van der Waals surface area contributed by atoms with E-state index in [4.69, 9.17) is 18.9 Å². The summed E-state index contributed by atoms with van der Waals surface area (Å²) in [5, 5.41) is 9.78. The molecule has 0 aliphatic rings. The van der Waals surface area contributed by atoms with E-state index in [9.17, 15) is 19.5 Å². The molecule has 0 saturated carbocycles. The van der Waals surface area contributed by atoms with Crippen molar-refractivity contribution in [3.63, 3.8) is 0 Å². The molecule has 9 heteroatoms. The number of quaternary nitrogens is 1. The van der Waals surface area contributed by atoms with Gasteiger partial charge < -0.3 is 28.5 Å². The predicted octanol–water partition coefficient (Wildman–Crippen LogP) is 26.5. The number of likely N-dealkylation sites (N-methyl/N-ethyl adjacent to an activating group) is 1. The molecule has 0 bridgehead atoms. The quantitative estimate of drug-likeness (QED) is 0.0211. The average molecular weight is 1310 g/mol. The number of carboxylic acid groups (broad SMARTS) is 1. The summed E-state index contributed by atoms with van der Waals surface area (Å²) in [7, 11) is 6.00. The largest absolute Gasteiger partial charge is 0.477 e. The number of rotatable bonds is 79. The molecule has 0 rings (SSSR count). The summed E-state index contributed by atoms with van der Waals surface area (Å²) < 4.78 is 23.1. The van der Waals surface area contributed by atoms with Crippen molar-refractivity contribution in [2.45, 2.75) is 450 Å². The van der Waals surface area contributed by atoms with Gasteiger partial charge in [0.25, 0.3) is 6.29 Å². The van der Waals surface area contributed by atoms with E-state index in [2.05, 4.69) is 38.2 Å². The lowest BCUT2D eigenvalue weighted by Gasteiger charge is -2.25. The molecule has 0 spiro atoms. The zero-order chi connectivity index (χ0) is 67.5. The Kier molecular flexibility index (Phi) is 73.7. The van der Waals surface area contributed by atoms with Gasteiger partial charge in [-0.1, -0.05) is 385 Å². The molecule has 0 saturated heterocycles. The maximum absolute atomic E-state index is 13.0. The van der Waals surface area contributed by atoms with E-state index >= 15 is 0 Å². The van der Waals surface area contributed by atoms with Crippen molar-refractivity contribution in [3.8, 4) is 0 Å². The summed E-state index contributed by atoms with van der Waals surface area (Å²) >= 11 is 0. The number of allylic oxidation sites excluding steroid dienone is 4. The standard InChI is InChI=1S/C84H161NO8/c1-6-8-10-12-14-16-18-20-22-24-26-28-30-32-34-36-38-40-41-43-45-47-49-51-53-55-57-59-61-63-65-67-69-71-73-75-82(87)93-80(79-92-84(83(88)89)90-77-76-85(3,4)5)78-91-81(86)74-72-70-68-66-64-62-60-58-56-54-52-50-48-46-44-42-39-37-35-33-31-29-27-25-23-21-19-17-15-13-11-9-7-2/h24-27,80,84H,6-23,28-79H2,1-5H3/p+1/b26-24-,27-25-. The van der Waals surface area contributed by atoms with E-state index in [1.165, 1.54) is 372 Å². The highest BCUT2D eigenvalue weighted by atomic mass is 16.7. The van der Waals surface area contributed by atoms with E-state index in [-0.39, 0.29) is 38.2 Å². The molecular weight excluding hydrogens is 1150 g/mol. The molecule has 0 fully saturated rings. The Labute approximate surface area is 579 Å². The summed E-state index contributed by atoms with van der Waals surface area (Å²) in [4.78, 5) is 37.8. The highest BCUT2D eigenvalue weighted by Gasteiger charge is 2.25. The Balaban J connectivity index is 3.94. The van der Waals surface area contributed by atoms with Crippen molar-refractivity contribution in [1.82, 2.24) is 0 Å². The Morgan fingerprint density at radius 1 is 0.312 bits per heavy atom. The normalized spacial score (nSPS) is 12.7. The molecule has 0 aliphatic carbocycles. The van der Waals surface area contributed by atoms with Crippen LogP contribution in [0.5, 0.6) is 0 Å². The van der Waals surface area contributed by atoms with Gasteiger partial charge in [0.1, 0.15) is 13.2 Å². The minimum absolute atomic E-state index is 0.174. The topological polar surface area (TPSA) is 108 Å². The van der Waals surface area contributed by atoms with Crippen LogP contribution < -0.4 is 0 Å². The number of ether oxygens (including phenoxy) is 4. The number of unbranched alkanes of at least 4 members (excludes halogenated alkanes) is 60. The molecule has 1 N–H and O–H groups in total. The minimum atomic E-state index is -1.51. The first-order valence-electron chi connectivity index (χ1n) is 41.5. The first kappa shape index (κ1) is 90.8. The number of hydrogen-bond acceptors (Lipinski definition) is 7. The molecule has 550 valence electrons. The van der Waals surface area contributed by atoms with Crippen molar-refractivity contribution in [3.05, 3.63) is 24.3 Å². The third-order valence-electron chi connectivity index (χ3n) is 19.2. The van der Waals surface area contributed by atoms with Gasteiger partial charge in [-0.3, -0.25) is 9.59 Å². The van der Waals surface area contributed by atoms with Gasteiger partial charge in [-0.15, -0.1) is 0 Å². The van der Waals surface area contributed by atoms with Gasteiger partial charge in [0.05, 0.1) is 34.4 Å². The van der Waals surface area contributed by atoms with Crippen LogP contribution in [0.15, 0.2) is 24.3 Å². The summed E-state index contributed by atoms with van der Waals surface area (Å²) in [6.45, 7) is 4.97. The molecular formula is C84H162NO8+. The lowest BCUT2D eigenvalue weighted by molar-refractivity contribution is -0.870. The van der Waals surface area contributed by atoms with Crippen molar-refractivity contribution in [1.29, 1.82) is 0 Å². The second-order valence-electron chi connectivity index (χ2n) is 29.8. The third kappa shape index (κ3) is 77.0. The molecule has 0 aliphatic heterocycles. The number of aliphatic carboxylic acids is 1. The summed E-state index contributed by atoms with van der Waals surface area (Å²) in [5.74, 6) is -1.97.